The van der Waals surface area contributed by atoms with Crippen LogP contribution in [0, 0.1) is 13.8 Å². The molecule has 2 heterocycles. The van der Waals surface area contributed by atoms with E-state index in [9.17, 15) is 10.2 Å². The van der Waals surface area contributed by atoms with Gasteiger partial charge in [0.05, 0.1) is 30.9 Å². The first kappa shape index (κ1) is 11.6. The number of imidazole rings is 1. The molecule has 5 heteroatoms. The Labute approximate surface area is 99.4 Å². The molecule has 0 aromatic carbocycles. The maximum atomic E-state index is 9.81. The van der Waals surface area contributed by atoms with E-state index in [4.69, 9.17) is 0 Å². The van der Waals surface area contributed by atoms with Crippen LogP contribution in [0.2, 0.25) is 0 Å². The molecule has 0 bridgehead atoms. The van der Waals surface area contributed by atoms with Gasteiger partial charge in [0.15, 0.2) is 0 Å². The Balaban J connectivity index is 2.36. The molecule has 2 aromatic rings. The van der Waals surface area contributed by atoms with Gasteiger partial charge >= 0.3 is 0 Å². The number of hydrogen-bond donors (Lipinski definition) is 2. The predicted octanol–water partition coefficient (Wildman–Crippen LogP) is 1.14. The lowest BCUT2D eigenvalue weighted by Gasteiger charge is -2.11. The third kappa shape index (κ3) is 2.29. The number of nitrogens with zero attached hydrogens (tertiary/aromatic N) is 3. The average Bonchev–Trinajstić information content (AvgIpc) is 2.70. The predicted molar refractivity (Wildman–Crippen MR) is 62.6 cm³/mol. The zero-order valence-corrected chi connectivity index (χ0v) is 9.88. The maximum Gasteiger partial charge on any atom is 0.142 e. The van der Waals surface area contributed by atoms with Crippen molar-refractivity contribution in [2.75, 3.05) is 0 Å². The van der Waals surface area contributed by atoms with Gasteiger partial charge in [-0.05, 0) is 19.4 Å². The fraction of sp³-hybridized carbons (Fsp3) is 0.333. The standard InChI is InChI=1S/C12H15N3O2/c1-8-4-15(7-14-8)5-10-3-13-9(2)12(17)11(10)6-16/h3-4,7,16-17H,5-6H2,1-2H3. The fourth-order valence-corrected chi connectivity index (χ4v) is 1.75. The van der Waals surface area contributed by atoms with Crippen molar-refractivity contribution in [2.45, 2.75) is 27.0 Å². The molecule has 0 unspecified atom stereocenters. The first-order valence-corrected chi connectivity index (χ1v) is 5.37. The van der Waals surface area contributed by atoms with Crippen LogP contribution < -0.4 is 0 Å². The van der Waals surface area contributed by atoms with Gasteiger partial charge in [-0.2, -0.15) is 0 Å². The van der Waals surface area contributed by atoms with E-state index in [0.717, 1.165) is 11.3 Å². The summed E-state index contributed by atoms with van der Waals surface area (Å²) in [6.45, 7) is 3.96. The highest BCUT2D eigenvalue weighted by Gasteiger charge is 2.11. The topological polar surface area (TPSA) is 71.2 Å². The van der Waals surface area contributed by atoms with Crippen molar-refractivity contribution >= 4 is 0 Å². The molecule has 0 fully saturated rings. The van der Waals surface area contributed by atoms with Gasteiger partial charge in [-0.1, -0.05) is 0 Å². The van der Waals surface area contributed by atoms with Crippen molar-refractivity contribution in [3.8, 4) is 5.75 Å². The summed E-state index contributed by atoms with van der Waals surface area (Å²) < 4.78 is 1.89. The summed E-state index contributed by atoms with van der Waals surface area (Å²) in [6.07, 6.45) is 5.29. The number of aromatic nitrogens is 3. The molecule has 0 radical (unpaired) electrons. The summed E-state index contributed by atoms with van der Waals surface area (Å²) in [4.78, 5) is 8.22. The summed E-state index contributed by atoms with van der Waals surface area (Å²) in [5.74, 6) is 0.0711. The van der Waals surface area contributed by atoms with Crippen molar-refractivity contribution in [1.29, 1.82) is 0 Å². The molecule has 0 amide bonds. The molecule has 90 valence electrons. The lowest BCUT2D eigenvalue weighted by molar-refractivity contribution is 0.273. The number of aliphatic hydroxyl groups is 1. The number of hydrogen-bond acceptors (Lipinski definition) is 4. The lowest BCUT2D eigenvalue weighted by atomic mass is 10.1. The summed E-state index contributed by atoms with van der Waals surface area (Å²) in [5.41, 5.74) is 2.79. The van der Waals surface area contributed by atoms with E-state index in [1.165, 1.54) is 0 Å². The smallest absolute Gasteiger partial charge is 0.142 e. The molecular weight excluding hydrogens is 218 g/mol. The SMILES string of the molecule is Cc1cn(Cc2cnc(C)c(O)c2CO)cn1. The third-order valence-corrected chi connectivity index (χ3v) is 2.70. The summed E-state index contributed by atoms with van der Waals surface area (Å²) in [7, 11) is 0. The second-order valence-electron chi connectivity index (χ2n) is 4.04. The van der Waals surface area contributed by atoms with E-state index in [2.05, 4.69) is 9.97 Å². The molecule has 0 spiro atoms. The Hall–Kier alpha value is -1.88. The summed E-state index contributed by atoms with van der Waals surface area (Å²) in [6, 6.07) is 0. The fourth-order valence-electron chi connectivity index (χ4n) is 1.75. The first-order chi connectivity index (χ1) is 8.11. The molecule has 17 heavy (non-hydrogen) atoms. The lowest BCUT2D eigenvalue weighted by Crippen LogP contribution is -2.03. The van der Waals surface area contributed by atoms with Crippen molar-refractivity contribution < 1.29 is 10.2 Å². The number of aryl methyl sites for hydroxylation is 2. The van der Waals surface area contributed by atoms with Gasteiger partial charge in [0.2, 0.25) is 0 Å². The van der Waals surface area contributed by atoms with Crippen LogP contribution in [-0.4, -0.2) is 24.7 Å². The van der Waals surface area contributed by atoms with Gasteiger partial charge in [-0.25, -0.2) is 4.98 Å². The van der Waals surface area contributed by atoms with Crippen LogP contribution in [0.25, 0.3) is 0 Å². The summed E-state index contributed by atoms with van der Waals surface area (Å²) >= 11 is 0. The number of aliphatic hydroxyl groups excluding tert-OH is 1. The second-order valence-corrected chi connectivity index (χ2v) is 4.04. The zero-order chi connectivity index (χ0) is 12.4. The van der Waals surface area contributed by atoms with Crippen LogP contribution in [0.15, 0.2) is 18.7 Å². The Morgan fingerprint density at radius 3 is 2.65 bits per heavy atom. The van der Waals surface area contributed by atoms with E-state index < -0.39 is 0 Å². The normalized spacial score (nSPS) is 10.8. The van der Waals surface area contributed by atoms with Crippen LogP contribution >= 0.6 is 0 Å². The van der Waals surface area contributed by atoms with Gasteiger partial charge in [0.25, 0.3) is 0 Å². The molecule has 0 aliphatic rings. The number of aromatic hydroxyl groups is 1. The van der Waals surface area contributed by atoms with E-state index in [1.807, 2.05) is 17.7 Å². The Kier molecular flexibility index (Phi) is 3.10. The highest BCUT2D eigenvalue weighted by atomic mass is 16.3. The van der Waals surface area contributed by atoms with Gasteiger partial charge in [-0.3, -0.25) is 4.98 Å². The quantitative estimate of drug-likeness (QED) is 0.834. The Morgan fingerprint density at radius 2 is 2.06 bits per heavy atom. The number of pyridine rings is 1. The highest BCUT2D eigenvalue weighted by molar-refractivity contribution is 5.40. The molecule has 5 nitrogen and oxygen atoms in total. The molecule has 0 atom stereocenters. The minimum atomic E-state index is -0.196. The van der Waals surface area contributed by atoms with E-state index in [0.29, 0.717) is 17.8 Å². The van der Waals surface area contributed by atoms with Crippen LogP contribution in [0.5, 0.6) is 5.75 Å². The molecule has 2 rings (SSSR count). The third-order valence-electron chi connectivity index (χ3n) is 2.70. The molecule has 0 saturated heterocycles. The zero-order valence-electron chi connectivity index (χ0n) is 9.88. The maximum absolute atomic E-state index is 9.81. The van der Waals surface area contributed by atoms with Crippen molar-refractivity contribution in [3.05, 3.63) is 41.2 Å². The molecule has 2 N–H and O–H groups in total. The van der Waals surface area contributed by atoms with Gasteiger partial charge in [0.1, 0.15) is 5.75 Å². The van der Waals surface area contributed by atoms with Gasteiger partial charge in [-0.15, -0.1) is 0 Å². The first-order valence-electron chi connectivity index (χ1n) is 5.37. The molecule has 0 saturated carbocycles. The molecular formula is C12H15N3O2. The second kappa shape index (κ2) is 4.55. The Morgan fingerprint density at radius 1 is 1.29 bits per heavy atom. The largest absolute Gasteiger partial charge is 0.506 e. The molecule has 2 aromatic heterocycles. The molecule has 0 aliphatic heterocycles. The van der Waals surface area contributed by atoms with Crippen molar-refractivity contribution in [1.82, 2.24) is 14.5 Å². The van der Waals surface area contributed by atoms with E-state index >= 15 is 0 Å². The van der Waals surface area contributed by atoms with Crippen LogP contribution in [0.3, 0.4) is 0 Å². The van der Waals surface area contributed by atoms with Crippen LogP contribution in [0.4, 0.5) is 0 Å². The molecule has 0 aliphatic carbocycles. The van der Waals surface area contributed by atoms with Crippen molar-refractivity contribution in [3.63, 3.8) is 0 Å². The Bertz CT molecular complexity index is 535. The number of rotatable bonds is 3. The van der Waals surface area contributed by atoms with Gasteiger partial charge in [0, 0.05) is 18.0 Å². The van der Waals surface area contributed by atoms with Crippen LogP contribution in [-0.2, 0) is 13.2 Å². The van der Waals surface area contributed by atoms with Crippen molar-refractivity contribution in [2.24, 2.45) is 0 Å². The van der Waals surface area contributed by atoms with Gasteiger partial charge < -0.3 is 14.8 Å². The summed E-state index contributed by atoms with van der Waals surface area (Å²) in [5, 5.41) is 19.1. The average molecular weight is 233 g/mol. The van der Waals surface area contributed by atoms with E-state index in [1.54, 1.807) is 19.4 Å². The van der Waals surface area contributed by atoms with Crippen LogP contribution in [0.1, 0.15) is 22.5 Å². The highest BCUT2D eigenvalue weighted by Crippen LogP contribution is 2.24. The minimum Gasteiger partial charge on any atom is -0.506 e. The monoisotopic (exact) mass is 233 g/mol. The minimum absolute atomic E-state index is 0.0711. The van der Waals surface area contributed by atoms with E-state index in [-0.39, 0.29) is 12.4 Å².